The van der Waals surface area contributed by atoms with Crippen molar-refractivity contribution in [2.75, 3.05) is 4.90 Å². The Morgan fingerprint density at radius 1 is 0.299 bits per heavy atom. The van der Waals surface area contributed by atoms with Gasteiger partial charge < -0.3 is 18.8 Å². The maximum absolute atomic E-state index is 7.60. The van der Waals surface area contributed by atoms with E-state index in [0.717, 1.165) is 45.4 Å². The third kappa shape index (κ3) is 9.73. The average Bonchev–Trinajstić information content (AvgIpc) is 1.34. The number of hydrogen-bond acceptors (Lipinski definition) is 2. The molecule has 2 aliphatic heterocycles. The largest absolute Gasteiger partial charge is 0.458 e. The van der Waals surface area contributed by atoms with Crippen molar-refractivity contribution in [2.45, 2.75) is 183 Å². The lowest BCUT2D eigenvalue weighted by atomic mass is 9.33. The number of fused-ring (bicyclic) bond motifs is 10. The molecule has 0 fully saturated rings. The van der Waals surface area contributed by atoms with Crippen LogP contribution in [-0.4, -0.2) is 15.8 Å². The molecule has 4 nitrogen and oxygen atoms in total. The van der Waals surface area contributed by atoms with Crippen molar-refractivity contribution in [1.29, 1.82) is 0 Å². The third-order valence-electron chi connectivity index (χ3n) is 19.3. The molecule has 0 aliphatic carbocycles. The van der Waals surface area contributed by atoms with Crippen LogP contribution in [0.3, 0.4) is 0 Å². The van der Waals surface area contributed by atoms with Gasteiger partial charge in [-0.05, 0) is 196 Å². The lowest BCUT2D eigenvalue weighted by Crippen LogP contribution is -2.60. The summed E-state index contributed by atoms with van der Waals surface area (Å²) in [5.41, 5.74) is 25.1. The van der Waals surface area contributed by atoms with E-state index >= 15 is 0 Å². The van der Waals surface area contributed by atoms with Gasteiger partial charge >= 0.3 is 0 Å². The Morgan fingerprint density at radius 3 is 1.06 bits per heavy atom. The van der Waals surface area contributed by atoms with Crippen LogP contribution in [0.15, 0.2) is 164 Å². The van der Waals surface area contributed by atoms with E-state index in [-0.39, 0.29) is 44.6 Å². The van der Waals surface area contributed by atoms with Crippen LogP contribution in [0.2, 0.25) is 0 Å². The summed E-state index contributed by atoms with van der Waals surface area (Å²) >= 11 is 0. The minimum Gasteiger partial charge on any atom is -0.458 e. The quantitative estimate of drug-likeness (QED) is 0.164. The molecule has 0 spiro atoms. The number of hydrogen-bond donors (Lipinski definition) is 0. The fourth-order valence-corrected chi connectivity index (χ4v) is 13.8. The SMILES string of the molecule is CC(C)(C)c1ccc(N2c3ccc(C(C)(C)C)cc3B3c4cc(C(C)(C)C)ccc4Oc4cc(-c5c(-n6c7ccc(C(C)(C)C)cc7c7cc(C(C)(C)C)ccc76)cccc5-n5c6ccc(C(C)(C)C)cc6c6cc(C(C)(C)C)ccc65)cc2c43)cc1. The second-order valence-electron chi connectivity index (χ2n) is 32.9. The zero-order valence-corrected chi connectivity index (χ0v) is 55.9. The Morgan fingerprint density at radius 2 is 0.655 bits per heavy atom. The van der Waals surface area contributed by atoms with Crippen LogP contribution in [0, 0.1) is 0 Å². The molecule has 0 bridgehead atoms. The highest BCUT2D eigenvalue weighted by Crippen LogP contribution is 2.50. The molecule has 0 N–H and O–H groups in total. The van der Waals surface area contributed by atoms with Crippen LogP contribution in [-0.2, 0) is 37.9 Å². The Labute approximate surface area is 519 Å². The average molecular weight is 1140 g/mol. The predicted molar refractivity (Wildman–Crippen MR) is 377 cm³/mol. The minimum absolute atomic E-state index is 0.0165. The first-order valence-electron chi connectivity index (χ1n) is 31.9. The van der Waals surface area contributed by atoms with Gasteiger partial charge in [0.15, 0.2) is 0 Å². The first-order chi connectivity index (χ1) is 40.6. The van der Waals surface area contributed by atoms with Crippen LogP contribution in [0.4, 0.5) is 17.1 Å². The number of nitrogens with zero attached hydrogens (tertiary/aromatic N) is 3. The van der Waals surface area contributed by atoms with Crippen molar-refractivity contribution in [2.24, 2.45) is 0 Å². The molecule has 5 heteroatoms. The summed E-state index contributed by atoms with van der Waals surface area (Å²) in [7, 11) is 0. The predicted octanol–water partition coefficient (Wildman–Crippen LogP) is 21.0. The van der Waals surface area contributed by atoms with Crippen molar-refractivity contribution in [3.05, 3.63) is 203 Å². The molecule has 442 valence electrons. The van der Waals surface area contributed by atoms with E-state index in [1.165, 1.54) is 105 Å². The summed E-state index contributed by atoms with van der Waals surface area (Å²) in [4.78, 5) is 2.56. The van der Waals surface area contributed by atoms with E-state index < -0.39 is 0 Å². The molecule has 0 radical (unpaired) electrons. The molecular weight excluding hydrogens is 1050 g/mol. The van der Waals surface area contributed by atoms with Gasteiger partial charge in [0, 0.05) is 44.2 Å². The Kier molecular flexibility index (Phi) is 13.0. The molecule has 0 atom stereocenters. The Bertz CT molecular complexity index is 4320. The van der Waals surface area contributed by atoms with Crippen LogP contribution >= 0.6 is 0 Å². The van der Waals surface area contributed by atoms with E-state index in [0.29, 0.717) is 0 Å². The highest BCUT2D eigenvalue weighted by Gasteiger charge is 2.44. The summed E-state index contributed by atoms with van der Waals surface area (Å²) in [6.45, 7) is 48.8. The van der Waals surface area contributed by atoms with Gasteiger partial charge in [-0.15, -0.1) is 0 Å². The standard InChI is InChI=1S/C82H90BN3O/c1-76(2,3)50-25-33-57(34-26-50)84-68-39-31-55(81(16,17)18)47-62(68)83-63-48-56(82(19,20)21)32-40-72(63)87-73-42-49(41-71(84)75(73)83)74-69(85-64-35-27-51(77(4,5)6)43-58(64)59-44-52(78(7,8)9)28-36-65(59)85)23-22-24-70(74)86-66-37-29-53(79(10,11)12)45-60(66)61-46-54(80(13,14)15)30-38-67(61)86/h22-48H,1-21H3. The van der Waals surface area contributed by atoms with Gasteiger partial charge in [0.05, 0.1) is 33.4 Å². The van der Waals surface area contributed by atoms with Gasteiger partial charge in [0.1, 0.15) is 11.5 Å². The molecular formula is C82H90BN3O. The number of ether oxygens (including phenoxy) is 1. The van der Waals surface area contributed by atoms with E-state index in [4.69, 9.17) is 4.74 Å². The van der Waals surface area contributed by atoms with Crippen LogP contribution < -0.4 is 26.0 Å². The zero-order valence-electron chi connectivity index (χ0n) is 55.9. The summed E-state index contributed by atoms with van der Waals surface area (Å²) in [5.74, 6) is 1.79. The summed E-state index contributed by atoms with van der Waals surface area (Å²) < 4.78 is 12.8. The first kappa shape index (κ1) is 58.3. The van der Waals surface area contributed by atoms with Gasteiger partial charge in [0.25, 0.3) is 6.71 Å². The van der Waals surface area contributed by atoms with E-state index in [1.54, 1.807) is 0 Å². The molecule has 87 heavy (non-hydrogen) atoms. The molecule has 9 aromatic carbocycles. The Hall–Kier alpha value is -7.76. The van der Waals surface area contributed by atoms with Gasteiger partial charge in [0.2, 0.25) is 0 Å². The second-order valence-corrected chi connectivity index (χ2v) is 32.9. The fourth-order valence-electron chi connectivity index (χ4n) is 13.8. The monoisotopic (exact) mass is 1140 g/mol. The van der Waals surface area contributed by atoms with Gasteiger partial charge in [-0.2, -0.15) is 0 Å². The highest BCUT2D eigenvalue weighted by atomic mass is 16.5. The van der Waals surface area contributed by atoms with Crippen LogP contribution in [0.1, 0.15) is 184 Å². The maximum Gasteiger partial charge on any atom is 0.256 e. The molecule has 0 saturated carbocycles. The first-order valence-corrected chi connectivity index (χ1v) is 31.9. The van der Waals surface area contributed by atoms with Gasteiger partial charge in [-0.25, -0.2) is 0 Å². The topological polar surface area (TPSA) is 22.3 Å². The lowest BCUT2D eigenvalue weighted by molar-refractivity contribution is 0.486. The molecule has 0 amide bonds. The number of anilines is 3. The van der Waals surface area contributed by atoms with Crippen molar-refractivity contribution in [3.8, 4) is 34.0 Å². The Balaban J connectivity index is 1.20. The summed E-state index contributed by atoms with van der Waals surface area (Å²) in [6.07, 6.45) is 0. The molecule has 4 heterocycles. The molecule has 2 aliphatic rings. The third-order valence-corrected chi connectivity index (χ3v) is 19.3. The second kappa shape index (κ2) is 19.4. The molecule has 0 unspecified atom stereocenters. The lowest BCUT2D eigenvalue weighted by Gasteiger charge is -2.41. The molecule has 2 aromatic heterocycles. The minimum atomic E-state index is -0.0927. The van der Waals surface area contributed by atoms with E-state index in [1.807, 2.05) is 0 Å². The maximum atomic E-state index is 7.60. The summed E-state index contributed by atoms with van der Waals surface area (Å²) in [6, 6.07) is 64.6. The van der Waals surface area contributed by atoms with E-state index in [9.17, 15) is 0 Å². The highest BCUT2D eigenvalue weighted by molar-refractivity contribution is 6.99. The summed E-state index contributed by atoms with van der Waals surface area (Å²) in [5, 5.41) is 5.04. The van der Waals surface area contributed by atoms with Crippen molar-refractivity contribution >= 4 is 83.8 Å². The van der Waals surface area contributed by atoms with Crippen LogP contribution in [0.25, 0.3) is 66.1 Å². The van der Waals surface area contributed by atoms with Crippen LogP contribution in [0.5, 0.6) is 11.5 Å². The normalized spacial score (nSPS) is 14.1. The van der Waals surface area contributed by atoms with Gasteiger partial charge in [-0.1, -0.05) is 212 Å². The molecule has 0 saturated heterocycles. The fraction of sp³-hybridized carbons (Fsp3) is 0.341. The van der Waals surface area contributed by atoms with E-state index in [2.05, 4.69) is 323 Å². The smallest absolute Gasteiger partial charge is 0.256 e. The number of rotatable bonds is 4. The van der Waals surface area contributed by atoms with Crippen molar-refractivity contribution in [3.63, 3.8) is 0 Å². The molecule has 11 aromatic rings. The number of benzene rings is 9. The van der Waals surface area contributed by atoms with Crippen molar-refractivity contribution < 1.29 is 4.74 Å². The number of aromatic nitrogens is 2. The van der Waals surface area contributed by atoms with Crippen molar-refractivity contribution in [1.82, 2.24) is 9.13 Å². The van der Waals surface area contributed by atoms with Gasteiger partial charge in [-0.3, -0.25) is 0 Å². The molecule has 13 rings (SSSR count). The zero-order chi connectivity index (χ0) is 62.2.